The second kappa shape index (κ2) is 10.2. The molecule has 0 saturated heterocycles. The van der Waals surface area contributed by atoms with Crippen LogP contribution in [-0.2, 0) is 0 Å². The Morgan fingerprint density at radius 1 is 1.17 bits per heavy atom. The Hall–Kier alpha value is -0.770. The van der Waals surface area contributed by atoms with E-state index >= 15 is 0 Å². The summed E-state index contributed by atoms with van der Waals surface area (Å²) in [6.07, 6.45) is 1.11. The van der Waals surface area contributed by atoms with Gasteiger partial charge in [-0.3, -0.25) is 9.89 Å². The first-order valence-corrected chi connectivity index (χ1v) is 7.33. The van der Waals surface area contributed by atoms with Crippen molar-refractivity contribution in [1.82, 2.24) is 15.5 Å². The van der Waals surface area contributed by atoms with E-state index < -0.39 is 0 Å². The number of rotatable bonds is 8. The Morgan fingerprint density at radius 3 is 2.28 bits per heavy atom. The molecule has 0 radical (unpaired) electrons. The van der Waals surface area contributed by atoms with Gasteiger partial charge in [-0.05, 0) is 40.7 Å². The monoisotopic (exact) mass is 256 g/mol. The molecule has 0 spiro atoms. The van der Waals surface area contributed by atoms with E-state index in [1.807, 2.05) is 0 Å². The standard InChI is InChI=1S/C14H32N4/c1-7-13(6)17-14(15-8-2)16-10-11-18(9-3)12(4)5/h12-13H,7-11H2,1-6H3,(H2,15,16,17). The van der Waals surface area contributed by atoms with Gasteiger partial charge in [0.2, 0.25) is 0 Å². The normalized spacial score (nSPS) is 14.1. The van der Waals surface area contributed by atoms with Crippen LogP contribution in [0.15, 0.2) is 4.99 Å². The Morgan fingerprint density at radius 2 is 1.83 bits per heavy atom. The molecule has 1 atom stereocenters. The van der Waals surface area contributed by atoms with Crippen molar-refractivity contribution in [3.63, 3.8) is 0 Å². The highest BCUT2D eigenvalue weighted by molar-refractivity contribution is 5.80. The first kappa shape index (κ1) is 17.2. The lowest BCUT2D eigenvalue weighted by molar-refractivity contribution is 0.240. The average molecular weight is 256 g/mol. The van der Waals surface area contributed by atoms with Gasteiger partial charge in [0.25, 0.3) is 0 Å². The minimum Gasteiger partial charge on any atom is -0.357 e. The fourth-order valence-electron chi connectivity index (χ4n) is 1.73. The van der Waals surface area contributed by atoms with Crippen molar-refractivity contribution in [2.75, 3.05) is 26.2 Å². The Labute approximate surface area is 113 Å². The molecule has 0 fully saturated rings. The van der Waals surface area contributed by atoms with E-state index in [2.05, 4.69) is 62.1 Å². The van der Waals surface area contributed by atoms with E-state index in [0.29, 0.717) is 12.1 Å². The molecule has 0 aliphatic heterocycles. The minimum absolute atomic E-state index is 0.468. The number of hydrogen-bond donors (Lipinski definition) is 2. The van der Waals surface area contributed by atoms with Gasteiger partial charge in [-0.2, -0.15) is 0 Å². The number of aliphatic imine (C=N–C) groups is 1. The summed E-state index contributed by atoms with van der Waals surface area (Å²) in [5.41, 5.74) is 0. The van der Waals surface area contributed by atoms with Crippen LogP contribution in [0.3, 0.4) is 0 Å². The third-order valence-electron chi connectivity index (χ3n) is 3.13. The van der Waals surface area contributed by atoms with Crippen LogP contribution < -0.4 is 10.6 Å². The predicted octanol–water partition coefficient (Wildman–Crippen LogP) is 2.07. The van der Waals surface area contributed by atoms with Gasteiger partial charge in [0.15, 0.2) is 5.96 Å². The van der Waals surface area contributed by atoms with Crippen LogP contribution in [0.4, 0.5) is 0 Å². The second-order valence-corrected chi connectivity index (χ2v) is 4.94. The third kappa shape index (κ3) is 7.54. The van der Waals surface area contributed by atoms with E-state index in [0.717, 1.165) is 38.6 Å². The fraction of sp³-hybridized carbons (Fsp3) is 0.929. The molecule has 0 bridgehead atoms. The summed E-state index contributed by atoms with van der Waals surface area (Å²) in [6, 6.07) is 1.06. The molecule has 0 aliphatic carbocycles. The second-order valence-electron chi connectivity index (χ2n) is 4.94. The Balaban J connectivity index is 4.21. The van der Waals surface area contributed by atoms with E-state index in [1.165, 1.54) is 0 Å². The maximum atomic E-state index is 4.62. The average Bonchev–Trinajstić information content (AvgIpc) is 2.34. The minimum atomic E-state index is 0.468. The highest BCUT2D eigenvalue weighted by Gasteiger charge is 2.06. The molecule has 108 valence electrons. The number of nitrogens with zero attached hydrogens (tertiary/aromatic N) is 2. The third-order valence-corrected chi connectivity index (χ3v) is 3.13. The van der Waals surface area contributed by atoms with Crippen LogP contribution in [0, 0.1) is 0 Å². The first-order valence-electron chi connectivity index (χ1n) is 7.33. The van der Waals surface area contributed by atoms with E-state index in [1.54, 1.807) is 0 Å². The predicted molar refractivity (Wildman–Crippen MR) is 81.3 cm³/mol. The van der Waals surface area contributed by atoms with Crippen molar-refractivity contribution < 1.29 is 0 Å². The summed E-state index contributed by atoms with van der Waals surface area (Å²) in [5.74, 6) is 0.937. The van der Waals surface area contributed by atoms with E-state index in [4.69, 9.17) is 0 Å². The lowest BCUT2D eigenvalue weighted by Crippen LogP contribution is -2.42. The van der Waals surface area contributed by atoms with Gasteiger partial charge < -0.3 is 10.6 Å². The SMILES string of the molecule is CCNC(=NCCN(CC)C(C)C)NC(C)CC. The van der Waals surface area contributed by atoms with Gasteiger partial charge in [0, 0.05) is 25.2 Å². The zero-order chi connectivity index (χ0) is 14.0. The zero-order valence-corrected chi connectivity index (χ0v) is 13.1. The van der Waals surface area contributed by atoms with Crippen molar-refractivity contribution in [2.45, 2.75) is 60.0 Å². The molecule has 0 saturated carbocycles. The number of guanidine groups is 1. The molecule has 4 nitrogen and oxygen atoms in total. The van der Waals surface area contributed by atoms with E-state index in [9.17, 15) is 0 Å². The Kier molecular flexibility index (Phi) is 9.74. The van der Waals surface area contributed by atoms with Crippen molar-refractivity contribution >= 4 is 5.96 Å². The summed E-state index contributed by atoms with van der Waals surface area (Å²) >= 11 is 0. The fourth-order valence-corrected chi connectivity index (χ4v) is 1.73. The largest absolute Gasteiger partial charge is 0.357 e. The highest BCUT2D eigenvalue weighted by Crippen LogP contribution is 1.96. The molecule has 4 heteroatoms. The van der Waals surface area contributed by atoms with E-state index in [-0.39, 0.29) is 0 Å². The topological polar surface area (TPSA) is 39.7 Å². The van der Waals surface area contributed by atoms with Crippen LogP contribution in [0.5, 0.6) is 0 Å². The van der Waals surface area contributed by atoms with Gasteiger partial charge >= 0.3 is 0 Å². The van der Waals surface area contributed by atoms with Crippen LogP contribution in [0.1, 0.15) is 48.0 Å². The molecule has 0 aromatic carbocycles. The molecule has 0 aromatic heterocycles. The van der Waals surface area contributed by atoms with Crippen molar-refractivity contribution in [3.05, 3.63) is 0 Å². The van der Waals surface area contributed by atoms with Crippen molar-refractivity contribution in [3.8, 4) is 0 Å². The quantitative estimate of drug-likeness (QED) is 0.516. The molecular weight excluding hydrogens is 224 g/mol. The molecular formula is C14H32N4. The molecule has 2 N–H and O–H groups in total. The molecule has 0 amide bonds. The molecule has 0 heterocycles. The lowest BCUT2D eigenvalue weighted by atomic mass is 10.3. The molecule has 18 heavy (non-hydrogen) atoms. The van der Waals surface area contributed by atoms with Gasteiger partial charge in [0.05, 0.1) is 6.54 Å². The van der Waals surface area contributed by atoms with Crippen LogP contribution in [0.25, 0.3) is 0 Å². The summed E-state index contributed by atoms with van der Waals surface area (Å²) < 4.78 is 0. The smallest absolute Gasteiger partial charge is 0.191 e. The maximum absolute atomic E-state index is 4.62. The first-order chi connectivity index (χ1) is 8.54. The van der Waals surface area contributed by atoms with Crippen LogP contribution >= 0.6 is 0 Å². The van der Waals surface area contributed by atoms with Gasteiger partial charge in [-0.25, -0.2) is 0 Å². The Bertz CT molecular complexity index is 226. The summed E-state index contributed by atoms with van der Waals surface area (Å²) in [4.78, 5) is 7.05. The zero-order valence-electron chi connectivity index (χ0n) is 13.1. The van der Waals surface area contributed by atoms with Gasteiger partial charge in [-0.15, -0.1) is 0 Å². The number of nitrogens with one attached hydrogen (secondary N) is 2. The summed E-state index contributed by atoms with van der Waals surface area (Å²) in [6.45, 7) is 17.0. The molecule has 0 rings (SSSR count). The maximum Gasteiger partial charge on any atom is 0.191 e. The van der Waals surface area contributed by atoms with Gasteiger partial charge in [0.1, 0.15) is 0 Å². The van der Waals surface area contributed by atoms with Gasteiger partial charge in [-0.1, -0.05) is 13.8 Å². The summed E-state index contributed by atoms with van der Waals surface area (Å²) in [5, 5.41) is 6.70. The van der Waals surface area contributed by atoms with Crippen molar-refractivity contribution in [2.24, 2.45) is 4.99 Å². The summed E-state index contributed by atoms with van der Waals surface area (Å²) in [7, 11) is 0. The van der Waals surface area contributed by atoms with Crippen LogP contribution in [-0.4, -0.2) is 49.1 Å². The highest BCUT2D eigenvalue weighted by atomic mass is 15.2. The molecule has 1 unspecified atom stereocenters. The van der Waals surface area contributed by atoms with Crippen molar-refractivity contribution in [1.29, 1.82) is 0 Å². The lowest BCUT2D eigenvalue weighted by Gasteiger charge is -2.24. The number of likely N-dealkylation sites (N-methyl/N-ethyl adjacent to an activating group) is 1. The molecule has 0 aliphatic rings. The van der Waals surface area contributed by atoms with Crippen LogP contribution in [0.2, 0.25) is 0 Å². The number of hydrogen-bond acceptors (Lipinski definition) is 2. The molecule has 0 aromatic rings.